The van der Waals surface area contributed by atoms with E-state index in [-0.39, 0.29) is 5.91 Å². The molecule has 0 saturated carbocycles. The Bertz CT molecular complexity index is 1150. The fourth-order valence-electron chi connectivity index (χ4n) is 2.96. The number of carbonyl (C=O) groups is 3. The molecule has 0 aliphatic heterocycles. The zero-order chi connectivity index (χ0) is 24.5. The van der Waals surface area contributed by atoms with Gasteiger partial charge in [-0.1, -0.05) is 48.0 Å². The summed E-state index contributed by atoms with van der Waals surface area (Å²) in [7, 11) is 0. The third-order valence-corrected chi connectivity index (χ3v) is 5.36. The van der Waals surface area contributed by atoms with Gasteiger partial charge in [-0.15, -0.1) is 0 Å². The van der Waals surface area contributed by atoms with E-state index in [2.05, 4.69) is 45.9 Å². The van der Waals surface area contributed by atoms with Crippen molar-refractivity contribution in [3.63, 3.8) is 0 Å². The lowest BCUT2D eigenvalue weighted by Crippen LogP contribution is -2.41. The van der Waals surface area contributed by atoms with Crippen LogP contribution in [-0.4, -0.2) is 24.3 Å². The summed E-state index contributed by atoms with van der Waals surface area (Å²) in [5.74, 6) is -0.322. The van der Waals surface area contributed by atoms with E-state index in [0.717, 1.165) is 6.42 Å². The van der Waals surface area contributed by atoms with Crippen LogP contribution in [0.25, 0.3) is 0 Å². The topological polar surface area (TPSA) is 96.5 Å². The molecule has 3 aromatic rings. The van der Waals surface area contributed by atoms with Crippen LogP contribution in [-0.2, 0) is 0 Å². The van der Waals surface area contributed by atoms with Crippen LogP contribution in [0.15, 0.2) is 77.3 Å². The zero-order valence-corrected chi connectivity index (χ0v) is 20.5. The van der Waals surface area contributed by atoms with E-state index in [0.29, 0.717) is 45.1 Å². The highest BCUT2D eigenvalue weighted by atomic mass is 79.9. The molecule has 0 saturated heterocycles. The minimum Gasteiger partial charge on any atom is -0.493 e. The second-order valence-corrected chi connectivity index (χ2v) is 8.89. The van der Waals surface area contributed by atoms with Gasteiger partial charge in [0.2, 0.25) is 0 Å². The number of nitrogens with one attached hydrogen (secondary N) is 3. The molecule has 0 radical (unpaired) electrons. The van der Waals surface area contributed by atoms with Crippen LogP contribution >= 0.6 is 15.9 Å². The van der Waals surface area contributed by atoms with Gasteiger partial charge in [0.1, 0.15) is 5.75 Å². The first kappa shape index (κ1) is 25.0. The quantitative estimate of drug-likeness (QED) is 0.353. The second kappa shape index (κ2) is 12.0. The average Bonchev–Trinajstić information content (AvgIpc) is 2.84. The number of rotatable bonds is 8. The molecule has 0 bridgehead atoms. The first-order valence-corrected chi connectivity index (χ1v) is 11.6. The van der Waals surface area contributed by atoms with Crippen LogP contribution in [0.3, 0.4) is 0 Å². The smallest absolute Gasteiger partial charge is 0.273 e. The number of benzene rings is 3. The predicted octanol–water partition coefficient (Wildman–Crippen LogP) is 5.20. The van der Waals surface area contributed by atoms with Crippen molar-refractivity contribution in [1.82, 2.24) is 10.9 Å². The van der Waals surface area contributed by atoms with E-state index in [1.165, 1.54) is 0 Å². The lowest BCUT2D eigenvalue weighted by atomic mass is 10.1. The van der Waals surface area contributed by atoms with Crippen LogP contribution in [0.5, 0.6) is 5.75 Å². The van der Waals surface area contributed by atoms with Gasteiger partial charge < -0.3 is 10.1 Å². The van der Waals surface area contributed by atoms with Gasteiger partial charge in [0.05, 0.1) is 12.2 Å². The highest BCUT2D eigenvalue weighted by Gasteiger charge is 2.15. The van der Waals surface area contributed by atoms with E-state index in [1.54, 1.807) is 66.7 Å². The monoisotopic (exact) mass is 523 g/mol. The number of hydrogen-bond acceptors (Lipinski definition) is 4. The largest absolute Gasteiger partial charge is 0.493 e. The van der Waals surface area contributed by atoms with E-state index in [4.69, 9.17) is 4.74 Å². The molecule has 8 heteroatoms. The van der Waals surface area contributed by atoms with Crippen LogP contribution in [0, 0.1) is 5.92 Å². The Morgan fingerprint density at radius 3 is 2.15 bits per heavy atom. The predicted molar refractivity (Wildman–Crippen MR) is 135 cm³/mol. The summed E-state index contributed by atoms with van der Waals surface area (Å²) < 4.78 is 6.48. The molecule has 0 unspecified atom stereocenters. The summed E-state index contributed by atoms with van der Waals surface area (Å²) in [5, 5.41) is 2.77. The molecule has 0 spiro atoms. The average molecular weight is 524 g/mol. The maximum atomic E-state index is 12.7. The standard InChI is InChI=1S/C26H26BrN3O4/c1-17(2)14-15-34-23-13-10-20(27)16-22(23)26(33)30-29-25(32)19-8-11-21(12-9-19)28-24(31)18-6-4-3-5-7-18/h3-13,16-17H,14-15H2,1-2H3,(H,28,31)(H,29,32)(H,30,33). The first-order valence-electron chi connectivity index (χ1n) is 10.8. The van der Waals surface area contributed by atoms with Gasteiger partial charge in [0.15, 0.2) is 0 Å². The molecule has 176 valence electrons. The molecule has 3 N–H and O–H groups in total. The summed E-state index contributed by atoms with van der Waals surface area (Å²) in [6.07, 6.45) is 0.857. The van der Waals surface area contributed by atoms with E-state index in [1.807, 2.05) is 6.07 Å². The lowest BCUT2D eigenvalue weighted by Gasteiger charge is -2.14. The first-order chi connectivity index (χ1) is 16.3. The molecule has 7 nitrogen and oxygen atoms in total. The molecule has 3 amide bonds. The Labute approximate surface area is 207 Å². The van der Waals surface area contributed by atoms with Crippen LogP contribution in [0.2, 0.25) is 0 Å². The van der Waals surface area contributed by atoms with Gasteiger partial charge in [-0.3, -0.25) is 25.2 Å². The summed E-state index contributed by atoms with van der Waals surface area (Å²) in [4.78, 5) is 37.4. The van der Waals surface area contributed by atoms with Crippen molar-refractivity contribution in [1.29, 1.82) is 0 Å². The van der Waals surface area contributed by atoms with Crippen molar-refractivity contribution in [2.75, 3.05) is 11.9 Å². The van der Waals surface area contributed by atoms with Crippen molar-refractivity contribution in [2.24, 2.45) is 5.92 Å². The van der Waals surface area contributed by atoms with E-state index >= 15 is 0 Å². The molecule has 0 aliphatic carbocycles. The van der Waals surface area contributed by atoms with Gasteiger partial charge in [-0.05, 0) is 66.9 Å². The van der Waals surface area contributed by atoms with Gasteiger partial charge in [0, 0.05) is 21.3 Å². The Morgan fingerprint density at radius 1 is 0.824 bits per heavy atom. The van der Waals surface area contributed by atoms with Gasteiger partial charge in [0.25, 0.3) is 17.7 Å². The lowest BCUT2D eigenvalue weighted by molar-refractivity contribution is 0.0844. The van der Waals surface area contributed by atoms with Crippen LogP contribution < -0.4 is 20.9 Å². The molecule has 3 aromatic carbocycles. The van der Waals surface area contributed by atoms with E-state index in [9.17, 15) is 14.4 Å². The molecular weight excluding hydrogens is 498 g/mol. The van der Waals surface area contributed by atoms with Gasteiger partial charge >= 0.3 is 0 Å². The highest BCUT2D eigenvalue weighted by molar-refractivity contribution is 9.10. The number of hydrogen-bond donors (Lipinski definition) is 3. The Kier molecular flexibility index (Phi) is 8.81. The summed E-state index contributed by atoms with van der Waals surface area (Å²) in [6, 6.07) is 20.3. The number of halogens is 1. The maximum Gasteiger partial charge on any atom is 0.273 e. The van der Waals surface area contributed by atoms with Gasteiger partial charge in [-0.2, -0.15) is 0 Å². The Balaban J connectivity index is 1.57. The molecule has 0 fully saturated rings. The summed E-state index contributed by atoms with van der Waals surface area (Å²) >= 11 is 3.36. The summed E-state index contributed by atoms with van der Waals surface area (Å²) in [5.41, 5.74) is 6.54. The molecule has 34 heavy (non-hydrogen) atoms. The van der Waals surface area contributed by atoms with Crippen LogP contribution in [0.4, 0.5) is 5.69 Å². The Morgan fingerprint density at radius 2 is 1.47 bits per heavy atom. The van der Waals surface area contributed by atoms with Crippen molar-refractivity contribution in [2.45, 2.75) is 20.3 Å². The fraction of sp³-hybridized carbons (Fsp3) is 0.192. The SMILES string of the molecule is CC(C)CCOc1ccc(Br)cc1C(=O)NNC(=O)c1ccc(NC(=O)c2ccccc2)cc1. The molecule has 3 rings (SSSR count). The number of amides is 3. The van der Waals surface area contributed by atoms with E-state index < -0.39 is 11.8 Å². The minimum absolute atomic E-state index is 0.245. The number of ether oxygens (including phenoxy) is 1. The second-order valence-electron chi connectivity index (χ2n) is 7.98. The number of carbonyl (C=O) groups excluding carboxylic acids is 3. The summed E-state index contributed by atoms with van der Waals surface area (Å²) in [6.45, 7) is 4.68. The molecular formula is C26H26BrN3O4. The third kappa shape index (κ3) is 7.18. The molecule has 0 atom stereocenters. The maximum absolute atomic E-state index is 12.7. The van der Waals surface area contributed by atoms with Crippen LogP contribution in [0.1, 0.15) is 51.3 Å². The van der Waals surface area contributed by atoms with Gasteiger partial charge in [-0.25, -0.2) is 0 Å². The Hall–Kier alpha value is -3.65. The third-order valence-electron chi connectivity index (χ3n) is 4.87. The molecule has 0 heterocycles. The zero-order valence-electron chi connectivity index (χ0n) is 18.9. The van der Waals surface area contributed by atoms with Crippen molar-refractivity contribution < 1.29 is 19.1 Å². The highest BCUT2D eigenvalue weighted by Crippen LogP contribution is 2.23. The normalized spacial score (nSPS) is 10.5. The minimum atomic E-state index is -0.499. The van der Waals surface area contributed by atoms with Crippen molar-refractivity contribution >= 4 is 39.3 Å². The number of anilines is 1. The fourth-order valence-corrected chi connectivity index (χ4v) is 3.32. The van der Waals surface area contributed by atoms with Crippen molar-refractivity contribution in [3.8, 4) is 5.75 Å². The van der Waals surface area contributed by atoms with Crippen molar-refractivity contribution in [3.05, 3.63) is 94.0 Å². The molecule has 0 aromatic heterocycles. The number of hydrazine groups is 1. The molecule has 0 aliphatic rings.